The second-order valence-corrected chi connectivity index (χ2v) is 12.8. The molecule has 1 fully saturated rings. The van der Waals surface area contributed by atoms with Crippen molar-refractivity contribution in [3.05, 3.63) is 60.7 Å². The lowest BCUT2D eigenvalue weighted by Crippen LogP contribution is -2.67. The molecule has 0 aliphatic heterocycles. The van der Waals surface area contributed by atoms with Crippen LogP contribution in [0.15, 0.2) is 60.7 Å². The fourth-order valence-corrected chi connectivity index (χ4v) is 8.85. The molecule has 0 radical (unpaired) electrons. The smallest absolute Gasteiger partial charge is 0.261 e. The molecule has 1 N–H and O–H groups in total. The molecule has 0 heterocycles. The summed E-state index contributed by atoms with van der Waals surface area (Å²) < 4.78 is 35.2. The van der Waals surface area contributed by atoms with E-state index in [0.717, 1.165) is 10.4 Å². The lowest BCUT2D eigenvalue weighted by molar-refractivity contribution is -0.0553. The van der Waals surface area contributed by atoms with Gasteiger partial charge in [0.25, 0.3) is 14.2 Å². The van der Waals surface area contributed by atoms with Gasteiger partial charge in [-0.25, -0.2) is 8.78 Å². The van der Waals surface area contributed by atoms with Crippen molar-refractivity contribution in [1.29, 1.82) is 0 Å². The van der Waals surface area contributed by atoms with Crippen molar-refractivity contribution >= 4 is 18.7 Å². The molecule has 1 aliphatic carbocycles. The van der Waals surface area contributed by atoms with Crippen LogP contribution in [0.5, 0.6) is 0 Å². The van der Waals surface area contributed by atoms with E-state index in [1.54, 1.807) is 0 Å². The van der Waals surface area contributed by atoms with E-state index >= 15 is 0 Å². The van der Waals surface area contributed by atoms with Gasteiger partial charge in [0, 0.05) is 18.9 Å². The fraction of sp³-hybridized carbons (Fsp3) is 0.455. The van der Waals surface area contributed by atoms with E-state index in [1.165, 1.54) is 0 Å². The number of hydrogen-bond donors (Lipinski definition) is 1. The van der Waals surface area contributed by atoms with Gasteiger partial charge in [0.2, 0.25) is 0 Å². The molecule has 0 bridgehead atoms. The zero-order chi connectivity index (χ0) is 19.7. The molecule has 0 amide bonds. The summed E-state index contributed by atoms with van der Waals surface area (Å²) in [6.07, 6.45) is -1.33. The zero-order valence-corrected chi connectivity index (χ0v) is 17.2. The summed E-state index contributed by atoms with van der Waals surface area (Å²) in [5.41, 5.74) is 0. The average molecular weight is 391 g/mol. The van der Waals surface area contributed by atoms with Crippen LogP contribution in [0.1, 0.15) is 33.6 Å². The van der Waals surface area contributed by atoms with Crippen LogP contribution in [0.2, 0.25) is 5.04 Å². The predicted octanol–water partition coefficient (Wildman–Crippen LogP) is 3.97. The normalized spacial score (nSPS) is 22.7. The molecule has 1 saturated carbocycles. The number of halogens is 2. The van der Waals surface area contributed by atoms with Crippen molar-refractivity contribution in [2.75, 3.05) is 6.61 Å². The highest BCUT2D eigenvalue weighted by molar-refractivity contribution is 6.99. The number of benzene rings is 2. The van der Waals surface area contributed by atoms with E-state index in [-0.39, 0.29) is 18.1 Å². The second kappa shape index (κ2) is 7.45. The Morgan fingerprint density at radius 2 is 1.48 bits per heavy atom. The molecule has 0 spiro atoms. The molecule has 146 valence electrons. The van der Waals surface area contributed by atoms with Crippen molar-refractivity contribution in [3.63, 3.8) is 0 Å². The molecule has 2 atom stereocenters. The van der Waals surface area contributed by atoms with Crippen LogP contribution in [0, 0.1) is 5.92 Å². The summed E-state index contributed by atoms with van der Waals surface area (Å²) in [6, 6.07) is 20.0. The van der Waals surface area contributed by atoms with E-state index in [4.69, 9.17) is 4.43 Å². The molecule has 2 aromatic carbocycles. The Balaban J connectivity index is 2.05. The number of aliphatic hydroxyl groups is 1. The Hall–Kier alpha value is -1.56. The summed E-state index contributed by atoms with van der Waals surface area (Å²) in [4.78, 5) is 0. The van der Waals surface area contributed by atoms with Crippen molar-refractivity contribution in [1.82, 2.24) is 0 Å². The molecule has 2 aromatic rings. The molecule has 0 unspecified atom stereocenters. The quantitative estimate of drug-likeness (QED) is 0.783. The lowest BCUT2D eigenvalue weighted by atomic mass is 10.1. The first-order valence-electron chi connectivity index (χ1n) is 9.48. The highest BCUT2D eigenvalue weighted by Crippen LogP contribution is 2.43. The second-order valence-electron chi connectivity index (χ2n) is 8.53. The molecular weight excluding hydrogens is 362 g/mol. The Kier molecular flexibility index (Phi) is 5.57. The van der Waals surface area contributed by atoms with Crippen molar-refractivity contribution in [3.8, 4) is 0 Å². The molecule has 3 rings (SSSR count). The van der Waals surface area contributed by atoms with E-state index in [2.05, 4.69) is 20.8 Å². The molecule has 27 heavy (non-hydrogen) atoms. The first-order valence-corrected chi connectivity index (χ1v) is 11.4. The summed E-state index contributed by atoms with van der Waals surface area (Å²) in [6.45, 7) is 6.33. The standard InChI is InChI=1S/C22H28F2O2Si/c1-21(2,3)27(19-10-6-4-7-11-19,20-12-8-5-9-13-20)26-16-17-14-18(25)15-22(17,23)24/h4-13,17-18,25H,14-16H2,1-3H3/t17-,18+/m0/s1. The number of aliphatic hydroxyl groups excluding tert-OH is 1. The Bertz CT molecular complexity index is 704. The van der Waals surface area contributed by atoms with E-state index < -0.39 is 32.7 Å². The Labute approximate surface area is 161 Å². The zero-order valence-electron chi connectivity index (χ0n) is 16.2. The highest BCUT2D eigenvalue weighted by atomic mass is 28.4. The van der Waals surface area contributed by atoms with Crippen LogP contribution in [0.25, 0.3) is 0 Å². The van der Waals surface area contributed by atoms with Crippen molar-refractivity contribution < 1.29 is 18.3 Å². The number of alkyl halides is 2. The fourth-order valence-electron chi connectivity index (χ4n) is 4.24. The third kappa shape index (κ3) is 3.86. The number of hydrogen-bond acceptors (Lipinski definition) is 2. The summed E-state index contributed by atoms with van der Waals surface area (Å²) >= 11 is 0. The topological polar surface area (TPSA) is 29.5 Å². The first kappa shape index (κ1) is 20.2. The van der Waals surface area contributed by atoms with Gasteiger partial charge in [-0.1, -0.05) is 81.4 Å². The van der Waals surface area contributed by atoms with Gasteiger partial charge in [-0.2, -0.15) is 0 Å². The predicted molar refractivity (Wildman–Crippen MR) is 107 cm³/mol. The van der Waals surface area contributed by atoms with Crippen LogP contribution >= 0.6 is 0 Å². The maximum absolute atomic E-state index is 14.3. The summed E-state index contributed by atoms with van der Waals surface area (Å²) in [5, 5.41) is 11.6. The highest BCUT2D eigenvalue weighted by Gasteiger charge is 2.53. The molecule has 5 heteroatoms. The lowest BCUT2D eigenvalue weighted by Gasteiger charge is -2.43. The van der Waals surface area contributed by atoms with Crippen LogP contribution in [0.3, 0.4) is 0 Å². The van der Waals surface area contributed by atoms with Crippen LogP contribution in [0.4, 0.5) is 8.78 Å². The first-order chi connectivity index (χ1) is 12.7. The van der Waals surface area contributed by atoms with Gasteiger partial charge in [-0.15, -0.1) is 0 Å². The summed E-state index contributed by atoms with van der Waals surface area (Å²) in [5.74, 6) is -3.83. The van der Waals surface area contributed by atoms with Gasteiger partial charge in [-0.3, -0.25) is 0 Å². The van der Waals surface area contributed by atoms with E-state index in [9.17, 15) is 13.9 Å². The van der Waals surface area contributed by atoms with Gasteiger partial charge in [0.1, 0.15) is 0 Å². The van der Waals surface area contributed by atoms with Gasteiger partial charge in [-0.05, 0) is 21.8 Å². The maximum Gasteiger partial charge on any atom is 0.261 e. The molecule has 2 nitrogen and oxygen atoms in total. The van der Waals surface area contributed by atoms with Crippen molar-refractivity contribution in [2.24, 2.45) is 5.92 Å². The minimum Gasteiger partial charge on any atom is -0.407 e. The third-order valence-corrected chi connectivity index (χ3v) is 10.6. The molecule has 0 saturated heterocycles. The van der Waals surface area contributed by atoms with Crippen LogP contribution in [-0.2, 0) is 4.43 Å². The number of rotatable bonds is 5. The largest absolute Gasteiger partial charge is 0.407 e. The van der Waals surface area contributed by atoms with Gasteiger partial charge < -0.3 is 9.53 Å². The average Bonchev–Trinajstić information content (AvgIpc) is 2.88. The minimum absolute atomic E-state index is 0.0443. The molecule has 1 aliphatic rings. The van der Waals surface area contributed by atoms with Crippen molar-refractivity contribution in [2.45, 2.75) is 50.7 Å². The van der Waals surface area contributed by atoms with Gasteiger partial charge >= 0.3 is 0 Å². The monoisotopic (exact) mass is 390 g/mol. The summed E-state index contributed by atoms with van der Waals surface area (Å²) in [7, 11) is -2.82. The third-order valence-electron chi connectivity index (χ3n) is 5.58. The Morgan fingerprint density at radius 3 is 1.85 bits per heavy atom. The van der Waals surface area contributed by atoms with Gasteiger partial charge in [0.15, 0.2) is 0 Å². The minimum atomic E-state index is -2.88. The Morgan fingerprint density at radius 1 is 1.00 bits per heavy atom. The van der Waals surface area contributed by atoms with E-state index in [0.29, 0.717) is 0 Å². The van der Waals surface area contributed by atoms with E-state index in [1.807, 2.05) is 60.7 Å². The van der Waals surface area contributed by atoms with Gasteiger partial charge in [0.05, 0.1) is 6.10 Å². The molecule has 0 aromatic heterocycles. The molecular formula is C22H28F2O2Si. The van der Waals surface area contributed by atoms with Crippen LogP contribution in [-0.4, -0.2) is 32.1 Å². The van der Waals surface area contributed by atoms with Crippen LogP contribution < -0.4 is 10.4 Å². The maximum atomic E-state index is 14.3. The SMILES string of the molecule is CC(C)(C)[Si](OC[C@@H]1C[C@@H](O)CC1(F)F)(c1ccccc1)c1ccccc1.